The molecule has 130 valence electrons. The Balaban J connectivity index is 1.63. The maximum Gasteiger partial charge on any atom is 0.119 e. The Morgan fingerprint density at radius 1 is 0.875 bits per heavy atom. The highest BCUT2D eigenvalue weighted by Crippen LogP contribution is 2.36. The zero-order chi connectivity index (χ0) is 16.8. The summed E-state index contributed by atoms with van der Waals surface area (Å²) in [5, 5.41) is 2.65. The van der Waals surface area contributed by atoms with Crippen LogP contribution in [0.5, 0.6) is 5.75 Å². The molecule has 0 unspecified atom stereocenters. The number of hydrogen-bond acceptors (Lipinski definition) is 1. The molecule has 24 heavy (non-hydrogen) atoms. The third-order valence-corrected chi connectivity index (χ3v) is 5.59. The lowest BCUT2D eigenvalue weighted by Gasteiger charge is -2.26. The van der Waals surface area contributed by atoms with E-state index in [-0.39, 0.29) is 0 Å². The molecule has 0 spiro atoms. The van der Waals surface area contributed by atoms with Crippen molar-refractivity contribution in [3.05, 3.63) is 42.0 Å². The lowest BCUT2D eigenvalue weighted by Crippen LogP contribution is -2.10. The molecule has 1 aliphatic carbocycles. The van der Waals surface area contributed by atoms with Crippen LogP contribution in [0.2, 0.25) is 0 Å². The SMILES string of the molecule is CCCCCCOc1ccc2cc([C@H]3CC[C@H](C)CC3)ccc2c1. The number of hydrogen-bond donors (Lipinski definition) is 0. The summed E-state index contributed by atoms with van der Waals surface area (Å²) in [6.45, 7) is 5.47. The van der Waals surface area contributed by atoms with Crippen LogP contribution in [0.15, 0.2) is 36.4 Å². The first-order valence-corrected chi connectivity index (χ1v) is 9.92. The van der Waals surface area contributed by atoms with E-state index < -0.39 is 0 Å². The Kier molecular flexibility index (Phi) is 6.18. The van der Waals surface area contributed by atoms with E-state index in [1.807, 2.05) is 0 Å². The minimum Gasteiger partial charge on any atom is -0.494 e. The molecule has 0 atom stereocenters. The molecule has 0 aromatic heterocycles. The van der Waals surface area contributed by atoms with Gasteiger partial charge in [0.2, 0.25) is 0 Å². The van der Waals surface area contributed by atoms with E-state index in [9.17, 15) is 0 Å². The maximum absolute atomic E-state index is 5.92. The van der Waals surface area contributed by atoms with Crippen LogP contribution < -0.4 is 4.74 Å². The molecule has 0 radical (unpaired) electrons. The van der Waals surface area contributed by atoms with Crippen molar-refractivity contribution in [2.24, 2.45) is 5.92 Å². The largest absolute Gasteiger partial charge is 0.494 e. The Morgan fingerprint density at radius 3 is 2.42 bits per heavy atom. The molecule has 0 N–H and O–H groups in total. The summed E-state index contributed by atoms with van der Waals surface area (Å²) >= 11 is 0. The van der Waals surface area contributed by atoms with Gasteiger partial charge < -0.3 is 4.74 Å². The smallest absolute Gasteiger partial charge is 0.119 e. The molecule has 3 rings (SSSR count). The van der Waals surface area contributed by atoms with Crippen molar-refractivity contribution in [1.29, 1.82) is 0 Å². The maximum atomic E-state index is 5.92. The van der Waals surface area contributed by atoms with Crippen molar-refractivity contribution in [2.75, 3.05) is 6.61 Å². The summed E-state index contributed by atoms with van der Waals surface area (Å²) in [4.78, 5) is 0. The highest BCUT2D eigenvalue weighted by molar-refractivity contribution is 5.84. The van der Waals surface area contributed by atoms with Crippen molar-refractivity contribution in [3.63, 3.8) is 0 Å². The van der Waals surface area contributed by atoms with Crippen LogP contribution in [0.3, 0.4) is 0 Å². The van der Waals surface area contributed by atoms with Gasteiger partial charge in [0.1, 0.15) is 5.75 Å². The topological polar surface area (TPSA) is 9.23 Å². The summed E-state index contributed by atoms with van der Waals surface area (Å²) in [6, 6.07) is 13.6. The van der Waals surface area contributed by atoms with Crippen molar-refractivity contribution in [2.45, 2.75) is 71.1 Å². The monoisotopic (exact) mass is 324 g/mol. The van der Waals surface area contributed by atoms with Gasteiger partial charge in [0.25, 0.3) is 0 Å². The summed E-state index contributed by atoms with van der Waals surface area (Å²) in [5.41, 5.74) is 1.53. The van der Waals surface area contributed by atoms with Gasteiger partial charge in [-0.25, -0.2) is 0 Å². The van der Waals surface area contributed by atoms with Gasteiger partial charge in [0.15, 0.2) is 0 Å². The van der Waals surface area contributed by atoms with E-state index in [4.69, 9.17) is 4.74 Å². The fraction of sp³-hybridized carbons (Fsp3) is 0.565. The van der Waals surface area contributed by atoms with E-state index >= 15 is 0 Å². The van der Waals surface area contributed by atoms with Crippen molar-refractivity contribution >= 4 is 10.8 Å². The van der Waals surface area contributed by atoms with Gasteiger partial charge in [-0.15, -0.1) is 0 Å². The van der Waals surface area contributed by atoms with Gasteiger partial charge in [-0.05, 0) is 59.6 Å². The molecule has 1 saturated carbocycles. The Labute approximate surface area is 147 Å². The molecule has 0 amide bonds. The fourth-order valence-corrected chi connectivity index (χ4v) is 3.90. The van der Waals surface area contributed by atoms with Crippen molar-refractivity contribution in [1.82, 2.24) is 0 Å². The number of unbranched alkanes of at least 4 members (excludes halogenated alkanes) is 3. The van der Waals surface area contributed by atoms with Crippen LogP contribution in [0.25, 0.3) is 10.8 Å². The second-order valence-electron chi connectivity index (χ2n) is 7.63. The Bertz CT molecular complexity index is 638. The Hall–Kier alpha value is -1.50. The summed E-state index contributed by atoms with van der Waals surface area (Å²) in [7, 11) is 0. The van der Waals surface area contributed by atoms with Crippen LogP contribution in [0, 0.1) is 5.92 Å². The van der Waals surface area contributed by atoms with Crippen LogP contribution in [0.1, 0.15) is 76.7 Å². The van der Waals surface area contributed by atoms with Gasteiger partial charge in [0, 0.05) is 0 Å². The molecule has 1 aliphatic rings. The molecule has 1 heteroatoms. The molecule has 0 heterocycles. The number of ether oxygens (including phenoxy) is 1. The Morgan fingerprint density at radius 2 is 1.62 bits per heavy atom. The van der Waals surface area contributed by atoms with Crippen LogP contribution in [-0.4, -0.2) is 6.61 Å². The normalized spacial score (nSPS) is 21.1. The lowest BCUT2D eigenvalue weighted by atomic mass is 9.79. The van der Waals surface area contributed by atoms with Gasteiger partial charge in [-0.2, -0.15) is 0 Å². The number of rotatable bonds is 7. The molecule has 0 bridgehead atoms. The summed E-state index contributed by atoms with van der Waals surface area (Å²) < 4.78 is 5.92. The molecule has 1 nitrogen and oxygen atoms in total. The van der Waals surface area contributed by atoms with E-state index in [1.54, 1.807) is 0 Å². The lowest BCUT2D eigenvalue weighted by molar-refractivity contribution is 0.305. The molecule has 2 aromatic carbocycles. The van der Waals surface area contributed by atoms with Gasteiger partial charge >= 0.3 is 0 Å². The second-order valence-corrected chi connectivity index (χ2v) is 7.63. The first-order chi connectivity index (χ1) is 11.8. The first-order valence-electron chi connectivity index (χ1n) is 9.92. The van der Waals surface area contributed by atoms with Crippen LogP contribution >= 0.6 is 0 Å². The van der Waals surface area contributed by atoms with Gasteiger partial charge in [-0.1, -0.05) is 70.2 Å². The zero-order valence-electron chi connectivity index (χ0n) is 15.4. The molecule has 0 saturated heterocycles. The third kappa shape index (κ3) is 4.53. The molecule has 1 fully saturated rings. The molecular formula is C23H32O. The number of fused-ring (bicyclic) bond motifs is 1. The van der Waals surface area contributed by atoms with E-state index in [1.165, 1.54) is 61.3 Å². The molecule has 2 aromatic rings. The molecule has 0 aliphatic heterocycles. The standard InChI is InChI=1S/C23H32O/c1-3-4-5-6-15-24-23-14-13-21-16-20(11-12-22(21)17-23)19-9-7-18(2)8-10-19/h11-14,16-19H,3-10,15H2,1-2H3/t18-,19-. The average molecular weight is 325 g/mol. The quantitative estimate of drug-likeness (QED) is 0.494. The third-order valence-electron chi connectivity index (χ3n) is 5.59. The van der Waals surface area contributed by atoms with E-state index in [2.05, 4.69) is 50.2 Å². The van der Waals surface area contributed by atoms with Gasteiger partial charge in [0.05, 0.1) is 6.61 Å². The van der Waals surface area contributed by atoms with Crippen LogP contribution in [-0.2, 0) is 0 Å². The zero-order valence-corrected chi connectivity index (χ0v) is 15.4. The highest BCUT2D eigenvalue weighted by Gasteiger charge is 2.19. The highest BCUT2D eigenvalue weighted by atomic mass is 16.5. The van der Waals surface area contributed by atoms with E-state index in [0.717, 1.165) is 30.6 Å². The second kappa shape index (κ2) is 8.55. The predicted molar refractivity (Wildman–Crippen MR) is 104 cm³/mol. The first kappa shape index (κ1) is 17.3. The predicted octanol–water partition coefficient (Wildman–Crippen LogP) is 7.09. The van der Waals surface area contributed by atoms with Crippen LogP contribution in [0.4, 0.5) is 0 Å². The van der Waals surface area contributed by atoms with Gasteiger partial charge in [-0.3, -0.25) is 0 Å². The fourth-order valence-electron chi connectivity index (χ4n) is 3.90. The summed E-state index contributed by atoms with van der Waals surface area (Å²) in [6.07, 6.45) is 10.5. The van der Waals surface area contributed by atoms with E-state index in [0.29, 0.717) is 0 Å². The minimum absolute atomic E-state index is 0.764. The summed E-state index contributed by atoms with van der Waals surface area (Å²) in [5.74, 6) is 2.69. The van der Waals surface area contributed by atoms with Crippen molar-refractivity contribution in [3.8, 4) is 5.75 Å². The molecular weight excluding hydrogens is 292 g/mol. The average Bonchev–Trinajstić information content (AvgIpc) is 2.62. The van der Waals surface area contributed by atoms with Crippen molar-refractivity contribution < 1.29 is 4.74 Å². The minimum atomic E-state index is 0.764. The number of benzene rings is 2.